The van der Waals surface area contributed by atoms with Crippen molar-refractivity contribution in [3.63, 3.8) is 0 Å². The van der Waals surface area contributed by atoms with Crippen LogP contribution in [0.2, 0.25) is 5.02 Å². The van der Waals surface area contributed by atoms with Gasteiger partial charge in [-0.25, -0.2) is 0 Å². The summed E-state index contributed by atoms with van der Waals surface area (Å²) in [5, 5.41) is 14.6. The molecule has 1 N–H and O–H groups in total. The third kappa shape index (κ3) is 3.79. The molecular weight excluding hydrogens is 342 g/mol. The molecule has 6 nitrogen and oxygen atoms in total. The van der Waals surface area contributed by atoms with Crippen molar-refractivity contribution in [2.24, 2.45) is 5.92 Å². The van der Waals surface area contributed by atoms with Gasteiger partial charge in [-0.05, 0) is 43.4 Å². The molecule has 2 aromatic rings. The van der Waals surface area contributed by atoms with E-state index in [2.05, 4.69) is 10.3 Å². The SMILES string of the molecule is Cc1ncc([N+](=O)[O-])cc1C(=O)N[C@H](c1ccc(Cl)cc1)C1CCC1. The fourth-order valence-electron chi connectivity index (χ4n) is 2.99. The third-order valence-corrected chi connectivity index (χ3v) is 4.92. The molecular formula is C18H18ClN3O3. The normalized spacial score (nSPS) is 15.3. The van der Waals surface area contributed by atoms with Crippen LogP contribution in [0.15, 0.2) is 36.5 Å². The second-order valence-electron chi connectivity index (χ2n) is 6.28. The van der Waals surface area contributed by atoms with E-state index in [0.29, 0.717) is 16.6 Å². The number of rotatable bonds is 5. The Bertz CT molecular complexity index is 804. The van der Waals surface area contributed by atoms with Crippen LogP contribution in [0, 0.1) is 23.0 Å². The lowest BCUT2D eigenvalue weighted by atomic mass is 9.77. The van der Waals surface area contributed by atoms with Crippen LogP contribution in [0.5, 0.6) is 0 Å². The maximum atomic E-state index is 12.7. The molecule has 1 aliphatic rings. The maximum Gasteiger partial charge on any atom is 0.288 e. The van der Waals surface area contributed by atoms with Gasteiger partial charge >= 0.3 is 0 Å². The molecule has 25 heavy (non-hydrogen) atoms. The van der Waals surface area contributed by atoms with Crippen LogP contribution in [0.4, 0.5) is 5.69 Å². The highest BCUT2D eigenvalue weighted by atomic mass is 35.5. The summed E-state index contributed by atoms with van der Waals surface area (Å²) in [6, 6.07) is 8.55. The number of amides is 1. The first-order valence-corrected chi connectivity index (χ1v) is 8.51. The Morgan fingerprint density at radius 1 is 1.36 bits per heavy atom. The van der Waals surface area contributed by atoms with Crippen molar-refractivity contribution in [1.82, 2.24) is 10.3 Å². The number of hydrogen-bond acceptors (Lipinski definition) is 4. The summed E-state index contributed by atoms with van der Waals surface area (Å²) in [6.07, 6.45) is 4.39. The van der Waals surface area contributed by atoms with E-state index in [-0.39, 0.29) is 23.2 Å². The molecule has 1 aliphatic carbocycles. The number of pyridine rings is 1. The van der Waals surface area contributed by atoms with Gasteiger partial charge in [0, 0.05) is 11.1 Å². The zero-order chi connectivity index (χ0) is 18.0. The predicted molar refractivity (Wildman–Crippen MR) is 94.6 cm³/mol. The van der Waals surface area contributed by atoms with Crippen molar-refractivity contribution in [2.75, 3.05) is 0 Å². The van der Waals surface area contributed by atoms with Gasteiger partial charge in [0.25, 0.3) is 11.6 Å². The molecule has 1 amide bonds. The van der Waals surface area contributed by atoms with Crippen LogP contribution in [-0.4, -0.2) is 15.8 Å². The summed E-state index contributed by atoms with van der Waals surface area (Å²) in [7, 11) is 0. The first-order chi connectivity index (χ1) is 12.0. The molecule has 0 aliphatic heterocycles. The lowest BCUT2D eigenvalue weighted by Gasteiger charge is -2.34. The number of halogens is 1. The Labute approximate surface area is 150 Å². The largest absolute Gasteiger partial charge is 0.345 e. The molecule has 1 fully saturated rings. The number of nitrogens with zero attached hydrogens (tertiary/aromatic N) is 2. The quantitative estimate of drug-likeness (QED) is 0.639. The van der Waals surface area contributed by atoms with Gasteiger partial charge in [0.05, 0.1) is 22.2 Å². The van der Waals surface area contributed by atoms with Gasteiger partial charge in [0.15, 0.2) is 0 Å². The predicted octanol–water partition coefficient (Wildman–Crippen LogP) is 4.22. The number of aryl methyl sites for hydroxylation is 1. The highest BCUT2D eigenvalue weighted by molar-refractivity contribution is 6.30. The standard InChI is InChI=1S/C18H18ClN3O3/c1-11-16(9-15(10-20-11)22(24)25)18(23)21-17(12-3-2-4-12)13-5-7-14(19)8-6-13/h5-10,12,17H,2-4H2,1H3,(H,21,23)/t17-/m0/s1. The Kier molecular flexibility index (Phi) is 4.99. The molecule has 0 unspecified atom stereocenters. The number of carbonyl (C=O) groups excluding carboxylic acids is 1. The minimum absolute atomic E-state index is 0.142. The minimum Gasteiger partial charge on any atom is -0.345 e. The number of hydrogen-bond donors (Lipinski definition) is 1. The van der Waals surface area contributed by atoms with Crippen molar-refractivity contribution >= 4 is 23.2 Å². The third-order valence-electron chi connectivity index (χ3n) is 4.66. The van der Waals surface area contributed by atoms with E-state index in [4.69, 9.17) is 11.6 Å². The molecule has 1 atom stereocenters. The smallest absolute Gasteiger partial charge is 0.288 e. The fourth-order valence-corrected chi connectivity index (χ4v) is 3.11. The lowest BCUT2D eigenvalue weighted by molar-refractivity contribution is -0.385. The first kappa shape index (κ1) is 17.4. The zero-order valence-corrected chi connectivity index (χ0v) is 14.5. The monoisotopic (exact) mass is 359 g/mol. The van der Waals surface area contributed by atoms with Gasteiger partial charge < -0.3 is 5.32 Å². The van der Waals surface area contributed by atoms with Crippen LogP contribution >= 0.6 is 11.6 Å². The first-order valence-electron chi connectivity index (χ1n) is 8.13. The van der Waals surface area contributed by atoms with Crippen LogP contribution in [0.3, 0.4) is 0 Å². The van der Waals surface area contributed by atoms with E-state index in [1.165, 1.54) is 6.07 Å². The van der Waals surface area contributed by atoms with Gasteiger partial charge in [-0.1, -0.05) is 30.2 Å². The van der Waals surface area contributed by atoms with Crippen molar-refractivity contribution in [3.05, 3.63) is 68.5 Å². The molecule has 3 rings (SSSR count). The molecule has 0 spiro atoms. The molecule has 1 aromatic heterocycles. The topological polar surface area (TPSA) is 85.1 Å². The molecule has 7 heteroatoms. The Hall–Kier alpha value is -2.47. The average Bonchev–Trinajstić information content (AvgIpc) is 2.53. The lowest BCUT2D eigenvalue weighted by Crippen LogP contribution is -2.36. The van der Waals surface area contributed by atoms with E-state index in [1.54, 1.807) is 19.1 Å². The molecule has 0 bridgehead atoms. The number of benzene rings is 1. The van der Waals surface area contributed by atoms with Crippen molar-refractivity contribution in [2.45, 2.75) is 32.2 Å². The minimum atomic E-state index is -0.550. The number of carbonyl (C=O) groups is 1. The van der Waals surface area contributed by atoms with E-state index >= 15 is 0 Å². The van der Waals surface area contributed by atoms with Crippen molar-refractivity contribution < 1.29 is 9.72 Å². The van der Waals surface area contributed by atoms with Gasteiger partial charge in [-0.2, -0.15) is 0 Å². The second-order valence-corrected chi connectivity index (χ2v) is 6.71. The van der Waals surface area contributed by atoms with Crippen molar-refractivity contribution in [3.8, 4) is 0 Å². The zero-order valence-electron chi connectivity index (χ0n) is 13.7. The summed E-state index contributed by atoms with van der Waals surface area (Å²) in [4.78, 5) is 27.1. The molecule has 1 saturated carbocycles. The van der Waals surface area contributed by atoms with Gasteiger partial charge in [0.1, 0.15) is 6.20 Å². The number of nitro groups is 1. The highest BCUT2D eigenvalue weighted by Gasteiger charge is 2.30. The van der Waals surface area contributed by atoms with E-state index in [1.807, 2.05) is 12.1 Å². The summed E-state index contributed by atoms with van der Waals surface area (Å²) in [5.74, 6) is 0.0117. The maximum absolute atomic E-state index is 12.7. The molecule has 1 heterocycles. The molecule has 0 radical (unpaired) electrons. The molecule has 130 valence electrons. The van der Waals surface area contributed by atoms with E-state index in [0.717, 1.165) is 31.0 Å². The fraction of sp³-hybridized carbons (Fsp3) is 0.333. The van der Waals surface area contributed by atoms with Crippen LogP contribution < -0.4 is 5.32 Å². The summed E-state index contributed by atoms with van der Waals surface area (Å²) >= 11 is 5.95. The van der Waals surface area contributed by atoms with Gasteiger partial charge in [-0.15, -0.1) is 0 Å². The number of aromatic nitrogens is 1. The van der Waals surface area contributed by atoms with Crippen LogP contribution in [-0.2, 0) is 0 Å². The van der Waals surface area contributed by atoms with Crippen LogP contribution in [0.1, 0.15) is 46.9 Å². The highest BCUT2D eigenvalue weighted by Crippen LogP contribution is 2.38. The summed E-state index contributed by atoms with van der Waals surface area (Å²) in [5.41, 5.74) is 1.49. The van der Waals surface area contributed by atoms with Crippen LogP contribution in [0.25, 0.3) is 0 Å². The average molecular weight is 360 g/mol. The van der Waals surface area contributed by atoms with E-state index < -0.39 is 4.92 Å². The van der Waals surface area contributed by atoms with E-state index in [9.17, 15) is 14.9 Å². The molecule has 0 saturated heterocycles. The Morgan fingerprint density at radius 3 is 2.60 bits per heavy atom. The summed E-state index contributed by atoms with van der Waals surface area (Å²) in [6.45, 7) is 1.67. The Morgan fingerprint density at radius 2 is 2.04 bits per heavy atom. The second kappa shape index (κ2) is 7.19. The number of nitrogens with one attached hydrogen (secondary N) is 1. The molecule has 1 aromatic carbocycles. The Balaban J connectivity index is 1.87. The van der Waals surface area contributed by atoms with Crippen molar-refractivity contribution in [1.29, 1.82) is 0 Å². The van der Waals surface area contributed by atoms with Gasteiger partial charge in [0.2, 0.25) is 0 Å². The summed E-state index contributed by atoms with van der Waals surface area (Å²) < 4.78 is 0. The van der Waals surface area contributed by atoms with Gasteiger partial charge in [-0.3, -0.25) is 19.9 Å².